The van der Waals surface area contributed by atoms with Crippen molar-refractivity contribution in [2.75, 3.05) is 24.9 Å². The number of hydrogen-bond acceptors (Lipinski definition) is 6. The Morgan fingerprint density at radius 3 is 2.08 bits per heavy atom. The minimum atomic E-state index is -0.614. The van der Waals surface area contributed by atoms with Crippen molar-refractivity contribution in [2.45, 2.75) is 10.1 Å². The molecule has 242 valence electrons. The molecule has 0 aliphatic rings. The van der Waals surface area contributed by atoms with Crippen LogP contribution in [0, 0.1) is 0 Å². The third kappa shape index (κ3) is 8.85. The minimum Gasteiger partial charge on any atom is -0.493 e. The first-order valence-electron chi connectivity index (χ1n) is 14.8. The number of benzene rings is 5. The fourth-order valence-electron chi connectivity index (χ4n) is 4.78. The third-order valence-corrected chi connectivity index (χ3v) is 8.52. The van der Waals surface area contributed by atoms with Crippen molar-refractivity contribution in [2.24, 2.45) is 0 Å². The molecule has 0 heterocycles. The monoisotopic (exact) mass is 677 g/mol. The van der Waals surface area contributed by atoms with Gasteiger partial charge in [-0.25, -0.2) is 0 Å². The third-order valence-electron chi connectivity index (χ3n) is 7.04. The van der Waals surface area contributed by atoms with Crippen molar-refractivity contribution in [3.05, 3.63) is 155 Å². The Kier molecular flexibility index (Phi) is 11.5. The summed E-state index contributed by atoms with van der Waals surface area (Å²) in [5.41, 5.74) is 2.74. The number of ether oxygens (including phenoxy) is 2. The number of thioether (sulfide) groups is 1. The fraction of sp³-hybridized carbons (Fsp3) is 0.0789. The summed E-state index contributed by atoms with van der Waals surface area (Å²) in [5.74, 6) is -0.383. The highest BCUT2D eigenvalue weighted by Crippen LogP contribution is 2.37. The summed E-state index contributed by atoms with van der Waals surface area (Å²) in [4.78, 5) is 41.2. The number of hydrogen-bond donors (Lipinski definition) is 3. The number of carbonyl (C=O) groups excluding carboxylic acids is 3. The van der Waals surface area contributed by atoms with Gasteiger partial charge in [0.1, 0.15) is 10.9 Å². The van der Waals surface area contributed by atoms with E-state index in [9.17, 15) is 14.4 Å². The Hall–Kier alpha value is -5.51. The van der Waals surface area contributed by atoms with E-state index < -0.39 is 17.1 Å². The van der Waals surface area contributed by atoms with Crippen LogP contribution in [0.3, 0.4) is 0 Å². The molecule has 0 fully saturated rings. The van der Waals surface area contributed by atoms with Gasteiger partial charge >= 0.3 is 0 Å². The van der Waals surface area contributed by atoms with E-state index in [1.807, 2.05) is 36.4 Å². The zero-order valence-corrected chi connectivity index (χ0v) is 27.7. The van der Waals surface area contributed by atoms with Crippen molar-refractivity contribution in [3.8, 4) is 11.5 Å². The Balaban J connectivity index is 1.41. The molecule has 0 saturated heterocycles. The van der Waals surface area contributed by atoms with E-state index in [-0.39, 0.29) is 11.6 Å². The molecule has 0 radical (unpaired) electrons. The van der Waals surface area contributed by atoms with E-state index in [1.165, 1.54) is 32.1 Å². The summed E-state index contributed by atoms with van der Waals surface area (Å²) in [6.07, 6.45) is 1.53. The predicted octanol–water partition coefficient (Wildman–Crippen LogP) is 8.24. The van der Waals surface area contributed by atoms with Gasteiger partial charge in [0.25, 0.3) is 11.8 Å². The first kappa shape index (κ1) is 33.8. The highest BCUT2D eigenvalue weighted by atomic mass is 35.5. The van der Waals surface area contributed by atoms with Gasteiger partial charge in [0, 0.05) is 32.4 Å². The molecule has 48 heavy (non-hydrogen) atoms. The molecule has 1 unspecified atom stereocenters. The number of carbonyl (C=O) groups is 3. The molecule has 0 aromatic heterocycles. The lowest BCUT2D eigenvalue weighted by molar-refractivity contribution is -0.116. The van der Waals surface area contributed by atoms with E-state index in [4.69, 9.17) is 21.1 Å². The Morgan fingerprint density at radius 2 is 1.40 bits per heavy atom. The van der Waals surface area contributed by atoms with Gasteiger partial charge in [-0.1, -0.05) is 84.4 Å². The van der Waals surface area contributed by atoms with Gasteiger partial charge in [0.2, 0.25) is 5.91 Å². The van der Waals surface area contributed by atoms with Crippen molar-refractivity contribution in [3.63, 3.8) is 0 Å². The molecule has 5 aromatic rings. The van der Waals surface area contributed by atoms with Crippen LogP contribution in [0.1, 0.15) is 26.7 Å². The predicted molar refractivity (Wildman–Crippen MR) is 192 cm³/mol. The van der Waals surface area contributed by atoms with Crippen LogP contribution >= 0.6 is 23.4 Å². The number of amides is 3. The maximum absolute atomic E-state index is 13.8. The zero-order chi connectivity index (χ0) is 33.9. The summed E-state index contributed by atoms with van der Waals surface area (Å²) in [6.45, 7) is 0. The zero-order valence-electron chi connectivity index (χ0n) is 26.1. The fourth-order valence-corrected chi connectivity index (χ4v) is 6.05. The summed E-state index contributed by atoms with van der Waals surface area (Å²) < 4.78 is 11.0. The number of halogens is 1. The molecule has 5 rings (SSSR count). The van der Waals surface area contributed by atoms with Crippen LogP contribution in [0.15, 0.2) is 138 Å². The highest BCUT2D eigenvalue weighted by Gasteiger charge is 2.23. The molecular weight excluding hydrogens is 646 g/mol. The molecule has 0 spiro atoms. The standard InChI is InChI=1S/C38H32ClN3O5S/c1-46-33-21-9-16-27(34(33)47-2)22-32(42-36(43)26-14-7-4-8-15-26)37(44)40-30-19-11-20-31(24-30)48-35(25-12-5-3-6-13-25)38(45)41-29-18-10-17-28(39)23-29/h3-24,35H,1-2H3,(H,40,44)(H,41,45)(H,42,43)/b32-22+. The van der Waals surface area contributed by atoms with Crippen LogP contribution in [-0.2, 0) is 9.59 Å². The second-order valence-electron chi connectivity index (χ2n) is 10.4. The van der Waals surface area contributed by atoms with Gasteiger partial charge in [-0.15, -0.1) is 11.8 Å². The molecule has 3 N–H and O–H groups in total. The quantitative estimate of drug-likeness (QED) is 0.0908. The van der Waals surface area contributed by atoms with Gasteiger partial charge in [-0.3, -0.25) is 14.4 Å². The average molecular weight is 678 g/mol. The Bertz CT molecular complexity index is 1940. The normalized spacial score (nSPS) is 11.6. The highest BCUT2D eigenvalue weighted by molar-refractivity contribution is 8.00. The Morgan fingerprint density at radius 1 is 0.729 bits per heavy atom. The van der Waals surface area contributed by atoms with Gasteiger partial charge in [0.15, 0.2) is 11.5 Å². The van der Waals surface area contributed by atoms with Crippen LogP contribution in [0.2, 0.25) is 5.02 Å². The van der Waals surface area contributed by atoms with E-state index in [0.717, 1.165) is 10.5 Å². The van der Waals surface area contributed by atoms with Crippen LogP contribution in [-0.4, -0.2) is 31.9 Å². The van der Waals surface area contributed by atoms with Gasteiger partial charge in [-0.05, 0) is 66.2 Å². The molecular formula is C38H32ClN3O5S. The summed E-state index contributed by atoms with van der Waals surface area (Å²) in [6, 6.07) is 37.4. The van der Waals surface area contributed by atoms with Crippen molar-refractivity contribution >= 4 is 58.5 Å². The topological polar surface area (TPSA) is 106 Å². The number of nitrogens with one attached hydrogen (secondary N) is 3. The summed E-state index contributed by atoms with van der Waals surface area (Å²) in [7, 11) is 3.02. The first-order valence-corrected chi connectivity index (χ1v) is 16.1. The van der Waals surface area contributed by atoms with Crippen LogP contribution in [0.4, 0.5) is 11.4 Å². The van der Waals surface area contributed by atoms with Gasteiger partial charge in [-0.2, -0.15) is 0 Å². The number of anilines is 2. The maximum atomic E-state index is 13.8. The van der Waals surface area contributed by atoms with Crippen molar-refractivity contribution < 1.29 is 23.9 Å². The van der Waals surface area contributed by atoms with E-state index in [2.05, 4.69) is 16.0 Å². The second-order valence-corrected chi connectivity index (χ2v) is 12.0. The molecule has 1 atom stereocenters. The largest absolute Gasteiger partial charge is 0.493 e. The summed E-state index contributed by atoms with van der Waals surface area (Å²) in [5, 5.41) is 8.49. The van der Waals surface area contributed by atoms with Gasteiger partial charge in [0.05, 0.1) is 14.2 Å². The van der Waals surface area contributed by atoms with E-state index in [0.29, 0.717) is 39.0 Å². The lowest BCUT2D eigenvalue weighted by atomic mass is 10.1. The second kappa shape index (κ2) is 16.4. The maximum Gasteiger partial charge on any atom is 0.272 e. The van der Waals surface area contributed by atoms with Crippen LogP contribution in [0.25, 0.3) is 6.08 Å². The number of methoxy groups -OCH3 is 2. The molecule has 8 nitrogen and oxygen atoms in total. The smallest absolute Gasteiger partial charge is 0.272 e. The molecule has 0 aliphatic heterocycles. The molecule has 0 bridgehead atoms. The van der Waals surface area contributed by atoms with Crippen LogP contribution < -0.4 is 25.4 Å². The molecule has 3 amide bonds. The molecule has 0 aliphatic carbocycles. The lowest BCUT2D eigenvalue weighted by Gasteiger charge is -2.18. The number of para-hydroxylation sites is 1. The van der Waals surface area contributed by atoms with Crippen molar-refractivity contribution in [1.82, 2.24) is 5.32 Å². The van der Waals surface area contributed by atoms with E-state index >= 15 is 0 Å². The first-order chi connectivity index (χ1) is 23.3. The number of rotatable bonds is 12. The SMILES string of the molecule is COc1cccc(/C=C(/NC(=O)c2ccccc2)C(=O)Nc2cccc(SC(C(=O)Nc3cccc(Cl)c3)c3ccccc3)c2)c1OC. The summed E-state index contributed by atoms with van der Waals surface area (Å²) >= 11 is 7.47. The minimum absolute atomic E-state index is 0.0171. The average Bonchev–Trinajstić information content (AvgIpc) is 3.11. The van der Waals surface area contributed by atoms with Crippen LogP contribution in [0.5, 0.6) is 11.5 Å². The molecule has 10 heteroatoms. The Labute approximate surface area is 288 Å². The lowest BCUT2D eigenvalue weighted by Crippen LogP contribution is -2.30. The molecule has 0 saturated carbocycles. The molecule has 5 aromatic carbocycles. The van der Waals surface area contributed by atoms with Crippen molar-refractivity contribution in [1.29, 1.82) is 0 Å². The van der Waals surface area contributed by atoms with Gasteiger partial charge < -0.3 is 25.4 Å². The van der Waals surface area contributed by atoms with E-state index in [1.54, 1.807) is 91.0 Å².